The van der Waals surface area contributed by atoms with Crippen molar-refractivity contribution in [3.63, 3.8) is 0 Å². The number of hydrogen-bond donors (Lipinski definition) is 0. The van der Waals surface area contributed by atoms with E-state index in [0.29, 0.717) is 5.69 Å². The van der Waals surface area contributed by atoms with Crippen LogP contribution in [0.1, 0.15) is 63.5 Å². The highest BCUT2D eigenvalue weighted by Gasteiger charge is 2.26. The lowest BCUT2D eigenvalue weighted by atomic mass is 10.0. The fraction of sp³-hybridized carbons (Fsp3) is 0.684. The standard InChI is InChI=1S/C15H21N3O.2C2H6/c1-12-9-17(10-12)11-13-5-4-6-16-14(13)15(19)18-7-2-3-8-18;2*1-2/h4-6,12H,2-3,7-11H2,1H3;2*1-2H3. The lowest BCUT2D eigenvalue weighted by molar-refractivity contribution is 0.0776. The quantitative estimate of drug-likeness (QED) is 0.850. The van der Waals surface area contributed by atoms with E-state index in [1.807, 2.05) is 44.7 Å². The average molecular weight is 319 g/mol. The van der Waals surface area contributed by atoms with E-state index in [9.17, 15) is 4.79 Å². The molecule has 4 heteroatoms. The molecule has 0 bridgehead atoms. The fourth-order valence-corrected chi connectivity index (χ4v) is 3.03. The van der Waals surface area contributed by atoms with Crippen molar-refractivity contribution in [2.45, 2.75) is 54.0 Å². The molecule has 1 aromatic heterocycles. The minimum Gasteiger partial charge on any atom is -0.337 e. The molecule has 3 rings (SSSR count). The van der Waals surface area contributed by atoms with Gasteiger partial charge in [-0.1, -0.05) is 40.7 Å². The van der Waals surface area contributed by atoms with Crippen molar-refractivity contribution in [3.8, 4) is 0 Å². The Morgan fingerprint density at radius 1 is 1.17 bits per heavy atom. The Labute approximate surface area is 141 Å². The van der Waals surface area contributed by atoms with E-state index in [0.717, 1.165) is 57.0 Å². The number of rotatable bonds is 3. The number of nitrogens with zero attached hydrogens (tertiary/aromatic N) is 3. The molecule has 0 radical (unpaired) electrons. The number of pyridine rings is 1. The van der Waals surface area contributed by atoms with E-state index in [4.69, 9.17) is 0 Å². The molecule has 0 aromatic carbocycles. The van der Waals surface area contributed by atoms with Crippen LogP contribution in [0.25, 0.3) is 0 Å². The third kappa shape index (κ3) is 5.31. The molecule has 130 valence electrons. The molecular formula is C19H33N3O. The van der Waals surface area contributed by atoms with Crippen molar-refractivity contribution < 1.29 is 4.79 Å². The summed E-state index contributed by atoms with van der Waals surface area (Å²) in [4.78, 5) is 21.1. The van der Waals surface area contributed by atoms with E-state index in [-0.39, 0.29) is 5.91 Å². The van der Waals surface area contributed by atoms with Crippen molar-refractivity contribution in [1.82, 2.24) is 14.8 Å². The second-order valence-corrected chi connectivity index (χ2v) is 5.81. The normalized spacial score (nSPS) is 17.5. The Kier molecular flexibility index (Phi) is 8.85. The first-order valence-corrected chi connectivity index (χ1v) is 9.19. The van der Waals surface area contributed by atoms with Gasteiger partial charge in [0.05, 0.1) is 0 Å². The van der Waals surface area contributed by atoms with E-state index in [2.05, 4.69) is 16.8 Å². The van der Waals surface area contributed by atoms with Gasteiger partial charge in [-0.05, 0) is 30.4 Å². The molecule has 2 fully saturated rings. The summed E-state index contributed by atoms with van der Waals surface area (Å²) in [5.74, 6) is 0.899. The molecule has 0 unspecified atom stereocenters. The first kappa shape index (κ1) is 19.6. The lowest BCUT2D eigenvalue weighted by Gasteiger charge is -2.37. The van der Waals surface area contributed by atoms with Gasteiger partial charge in [0, 0.05) is 38.9 Å². The molecule has 23 heavy (non-hydrogen) atoms. The fourth-order valence-electron chi connectivity index (χ4n) is 3.03. The van der Waals surface area contributed by atoms with Crippen molar-refractivity contribution >= 4 is 5.91 Å². The van der Waals surface area contributed by atoms with Crippen LogP contribution in [-0.4, -0.2) is 46.9 Å². The maximum Gasteiger partial charge on any atom is 0.272 e. The van der Waals surface area contributed by atoms with Crippen LogP contribution in [0.2, 0.25) is 0 Å². The Balaban J connectivity index is 0.000000615. The predicted molar refractivity (Wildman–Crippen MR) is 96.5 cm³/mol. The van der Waals surface area contributed by atoms with E-state index >= 15 is 0 Å². The summed E-state index contributed by atoms with van der Waals surface area (Å²) in [5.41, 5.74) is 1.73. The van der Waals surface area contributed by atoms with Crippen LogP contribution in [0.5, 0.6) is 0 Å². The number of carbonyl (C=O) groups is 1. The maximum absolute atomic E-state index is 12.5. The minimum absolute atomic E-state index is 0.113. The van der Waals surface area contributed by atoms with Crippen LogP contribution in [0, 0.1) is 5.92 Å². The number of likely N-dealkylation sites (tertiary alicyclic amines) is 2. The molecule has 0 N–H and O–H groups in total. The van der Waals surface area contributed by atoms with Crippen LogP contribution in [-0.2, 0) is 6.54 Å². The summed E-state index contributed by atoms with van der Waals surface area (Å²) in [5, 5.41) is 0. The zero-order valence-electron chi connectivity index (χ0n) is 15.5. The summed E-state index contributed by atoms with van der Waals surface area (Å²) >= 11 is 0. The molecule has 3 heterocycles. The Morgan fingerprint density at radius 2 is 1.78 bits per heavy atom. The summed E-state index contributed by atoms with van der Waals surface area (Å²) in [6, 6.07) is 3.97. The number of hydrogen-bond acceptors (Lipinski definition) is 3. The zero-order valence-corrected chi connectivity index (χ0v) is 15.5. The van der Waals surface area contributed by atoms with Crippen molar-refractivity contribution in [1.29, 1.82) is 0 Å². The lowest BCUT2D eigenvalue weighted by Crippen LogP contribution is -2.44. The van der Waals surface area contributed by atoms with Gasteiger partial charge in [-0.3, -0.25) is 14.7 Å². The smallest absolute Gasteiger partial charge is 0.272 e. The highest BCUT2D eigenvalue weighted by Crippen LogP contribution is 2.20. The molecular weight excluding hydrogens is 286 g/mol. The highest BCUT2D eigenvalue weighted by molar-refractivity contribution is 5.93. The monoisotopic (exact) mass is 319 g/mol. The first-order valence-electron chi connectivity index (χ1n) is 9.19. The van der Waals surface area contributed by atoms with Crippen LogP contribution < -0.4 is 0 Å². The van der Waals surface area contributed by atoms with Gasteiger partial charge in [0.2, 0.25) is 0 Å². The molecule has 1 aromatic rings. The second kappa shape index (κ2) is 10.4. The molecule has 1 amide bonds. The van der Waals surface area contributed by atoms with Gasteiger partial charge >= 0.3 is 0 Å². The van der Waals surface area contributed by atoms with Gasteiger partial charge in [-0.15, -0.1) is 0 Å². The average Bonchev–Trinajstić information content (AvgIpc) is 3.11. The summed E-state index contributed by atoms with van der Waals surface area (Å²) < 4.78 is 0. The first-order chi connectivity index (χ1) is 11.2. The van der Waals surface area contributed by atoms with Crippen LogP contribution >= 0.6 is 0 Å². The minimum atomic E-state index is 0.113. The third-order valence-corrected chi connectivity index (χ3v) is 4.02. The summed E-state index contributed by atoms with van der Waals surface area (Å²) in [6.45, 7) is 15.1. The van der Waals surface area contributed by atoms with Crippen LogP contribution in [0.15, 0.2) is 18.3 Å². The Hall–Kier alpha value is -1.42. The molecule has 0 aliphatic carbocycles. The summed E-state index contributed by atoms with van der Waals surface area (Å²) in [6.07, 6.45) is 3.97. The van der Waals surface area contributed by atoms with Gasteiger partial charge in [-0.25, -0.2) is 0 Å². The maximum atomic E-state index is 12.5. The van der Waals surface area contributed by atoms with Crippen LogP contribution in [0.4, 0.5) is 0 Å². The molecule has 4 nitrogen and oxygen atoms in total. The number of carbonyl (C=O) groups excluding carboxylic acids is 1. The third-order valence-electron chi connectivity index (χ3n) is 4.02. The molecule has 2 saturated heterocycles. The number of amides is 1. The van der Waals surface area contributed by atoms with Crippen molar-refractivity contribution in [2.24, 2.45) is 5.92 Å². The molecule has 2 aliphatic rings. The van der Waals surface area contributed by atoms with Gasteiger partial charge in [0.25, 0.3) is 5.91 Å². The van der Waals surface area contributed by atoms with E-state index in [1.165, 1.54) is 0 Å². The zero-order chi connectivity index (χ0) is 17.2. The van der Waals surface area contributed by atoms with Gasteiger partial charge in [0.1, 0.15) is 5.69 Å². The Morgan fingerprint density at radius 3 is 2.35 bits per heavy atom. The van der Waals surface area contributed by atoms with Gasteiger partial charge in [0.15, 0.2) is 0 Å². The van der Waals surface area contributed by atoms with Crippen molar-refractivity contribution in [2.75, 3.05) is 26.2 Å². The van der Waals surface area contributed by atoms with E-state index < -0.39 is 0 Å². The topological polar surface area (TPSA) is 36.4 Å². The van der Waals surface area contributed by atoms with Gasteiger partial charge < -0.3 is 4.90 Å². The predicted octanol–water partition coefficient (Wildman–Crippen LogP) is 3.82. The molecule has 0 saturated carbocycles. The highest BCUT2D eigenvalue weighted by atomic mass is 16.2. The van der Waals surface area contributed by atoms with Crippen LogP contribution in [0.3, 0.4) is 0 Å². The van der Waals surface area contributed by atoms with E-state index in [1.54, 1.807) is 6.20 Å². The summed E-state index contributed by atoms with van der Waals surface area (Å²) in [7, 11) is 0. The molecule has 2 aliphatic heterocycles. The SMILES string of the molecule is CC.CC.CC1CN(Cc2cccnc2C(=O)N2CCCC2)C1. The van der Waals surface area contributed by atoms with Crippen molar-refractivity contribution in [3.05, 3.63) is 29.6 Å². The van der Waals surface area contributed by atoms with Gasteiger partial charge in [-0.2, -0.15) is 0 Å². The number of aromatic nitrogens is 1. The largest absolute Gasteiger partial charge is 0.337 e. The second-order valence-electron chi connectivity index (χ2n) is 5.81. The Bertz CT molecular complexity index is 463. The molecule has 0 spiro atoms. The molecule has 0 atom stereocenters.